The highest BCUT2D eigenvalue weighted by atomic mass is 127. The zero-order valence-corrected chi connectivity index (χ0v) is 23.3. The van der Waals surface area contributed by atoms with Crippen LogP contribution in [0.2, 0.25) is 0 Å². The molecule has 0 bridgehead atoms. The predicted octanol–water partition coefficient (Wildman–Crippen LogP) is 2.77. The lowest BCUT2D eigenvalue weighted by Gasteiger charge is -2.43. The van der Waals surface area contributed by atoms with Gasteiger partial charge in [0, 0.05) is 30.1 Å². The van der Waals surface area contributed by atoms with Crippen LogP contribution in [0.3, 0.4) is 0 Å². The number of carbonyl (C=O) groups excluding carboxylic acids is 3. The molecule has 202 valence electrons. The summed E-state index contributed by atoms with van der Waals surface area (Å²) in [6.45, 7) is 1.82. The number of carbonyl (C=O) groups is 3. The maximum absolute atomic E-state index is 13.4. The van der Waals surface area contributed by atoms with Gasteiger partial charge in [-0.2, -0.15) is 0 Å². The average molecular weight is 626 g/mol. The molecule has 2 aliphatic carbocycles. The van der Waals surface area contributed by atoms with E-state index in [0.717, 1.165) is 25.7 Å². The molecule has 3 unspecified atom stereocenters. The third-order valence-corrected chi connectivity index (χ3v) is 7.48. The molecule has 3 N–H and O–H groups in total. The van der Waals surface area contributed by atoms with Crippen molar-refractivity contribution >= 4 is 40.7 Å². The third-order valence-electron chi connectivity index (χ3n) is 6.68. The van der Waals surface area contributed by atoms with Crippen LogP contribution >= 0.6 is 22.6 Å². The van der Waals surface area contributed by atoms with Crippen molar-refractivity contribution < 1.29 is 34.1 Å². The first-order chi connectivity index (χ1) is 17.8. The lowest BCUT2D eigenvalue weighted by Crippen LogP contribution is -2.57. The van der Waals surface area contributed by atoms with Crippen LogP contribution in [-0.2, 0) is 9.59 Å². The number of hydrogen-bond acceptors (Lipinski definition) is 7. The van der Waals surface area contributed by atoms with Gasteiger partial charge in [-0.1, -0.05) is 25.8 Å². The quantitative estimate of drug-likeness (QED) is 0.196. The third kappa shape index (κ3) is 7.11. The van der Waals surface area contributed by atoms with E-state index in [2.05, 4.69) is 5.32 Å². The summed E-state index contributed by atoms with van der Waals surface area (Å²) in [7, 11) is 1.46. The fraction of sp³-hybridized carbons (Fsp3) is 0.519. The molecule has 0 spiro atoms. The van der Waals surface area contributed by atoms with Crippen molar-refractivity contribution in [2.45, 2.75) is 69.7 Å². The Bertz CT molecular complexity index is 1040. The highest BCUT2D eigenvalue weighted by Crippen LogP contribution is 2.38. The highest BCUT2D eigenvalue weighted by molar-refractivity contribution is 14.1. The van der Waals surface area contributed by atoms with Gasteiger partial charge in [0.1, 0.15) is 18.5 Å². The zero-order valence-electron chi connectivity index (χ0n) is 21.2. The van der Waals surface area contributed by atoms with Crippen LogP contribution in [0, 0.1) is 3.57 Å². The van der Waals surface area contributed by atoms with E-state index in [1.807, 2.05) is 29.5 Å². The molecule has 1 aromatic carbocycles. The summed E-state index contributed by atoms with van der Waals surface area (Å²) in [4.78, 5) is 39.3. The van der Waals surface area contributed by atoms with E-state index in [1.165, 1.54) is 13.2 Å². The van der Waals surface area contributed by atoms with E-state index in [4.69, 9.17) is 9.47 Å². The summed E-state index contributed by atoms with van der Waals surface area (Å²) in [5.74, 6) is 0.0588. The van der Waals surface area contributed by atoms with Crippen molar-refractivity contribution in [1.82, 2.24) is 10.2 Å². The Morgan fingerprint density at radius 1 is 1.27 bits per heavy atom. The molecule has 2 aliphatic rings. The molecule has 2 amide bonds. The Labute approximate surface area is 231 Å². The van der Waals surface area contributed by atoms with E-state index in [1.54, 1.807) is 29.2 Å². The van der Waals surface area contributed by atoms with Crippen molar-refractivity contribution in [3.8, 4) is 11.5 Å². The number of methoxy groups -OCH3 is 1. The number of rotatable bonds is 11. The molecular formula is C27H35IN2O7. The van der Waals surface area contributed by atoms with Gasteiger partial charge in [-0.15, -0.1) is 0 Å². The van der Waals surface area contributed by atoms with Gasteiger partial charge in [0.15, 0.2) is 11.5 Å². The number of aldehydes is 1. The fourth-order valence-electron chi connectivity index (χ4n) is 4.91. The summed E-state index contributed by atoms with van der Waals surface area (Å²) in [6, 6.07) is 2.44. The van der Waals surface area contributed by atoms with E-state index >= 15 is 0 Å². The standard InChI is InChI=1S/C27H35IN2O7/c1-3-4-9-24(33)30(19-7-5-6-8-19)21-14-18(27(35)29-10-11-31)15-22(25(21)34)37-26-20(28)12-17(16-32)13-23(26)36-2/h4,9,12-13,15-16,19,21-22,25,31,34H,3,5-8,10-11,14H2,1-2H3,(H,29,35). The predicted molar refractivity (Wildman–Crippen MR) is 147 cm³/mol. The van der Waals surface area contributed by atoms with Crippen molar-refractivity contribution in [2.24, 2.45) is 0 Å². The Hall–Kier alpha value is -2.44. The number of hydrogen-bond donors (Lipinski definition) is 3. The molecule has 0 saturated heterocycles. The number of amides is 2. The van der Waals surface area contributed by atoms with Crippen LogP contribution in [-0.4, -0.2) is 77.8 Å². The molecule has 0 heterocycles. The van der Waals surface area contributed by atoms with E-state index < -0.39 is 18.2 Å². The summed E-state index contributed by atoms with van der Waals surface area (Å²) >= 11 is 2.03. The summed E-state index contributed by atoms with van der Waals surface area (Å²) in [5.41, 5.74) is 0.776. The van der Waals surface area contributed by atoms with Gasteiger partial charge in [-0.05, 0) is 66.1 Å². The van der Waals surface area contributed by atoms with Gasteiger partial charge in [-0.25, -0.2) is 0 Å². The maximum Gasteiger partial charge on any atom is 0.247 e. The zero-order chi connectivity index (χ0) is 26.9. The molecule has 3 atom stereocenters. The molecular weight excluding hydrogens is 591 g/mol. The monoisotopic (exact) mass is 626 g/mol. The molecule has 0 aliphatic heterocycles. The van der Waals surface area contributed by atoms with E-state index in [-0.39, 0.29) is 37.4 Å². The van der Waals surface area contributed by atoms with Gasteiger partial charge < -0.3 is 29.9 Å². The Morgan fingerprint density at radius 3 is 2.62 bits per heavy atom. The van der Waals surface area contributed by atoms with Crippen molar-refractivity contribution in [3.63, 3.8) is 0 Å². The van der Waals surface area contributed by atoms with Crippen LogP contribution in [0.4, 0.5) is 0 Å². The number of nitrogens with one attached hydrogen (secondary N) is 1. The van der Waals surface area contributed by atoms with Crippen LogP contribution in [0.1, 0.15) is 55.8 Å². The molecule has 1 fully saturated rings. The first kappa shape index (κ1) is 29.1. The Morgan fingerprint density at radius 2 is 2.00 bits per heavy atom. The first-order valence-corrected chi connectivity index (χ1v) is 13.7. The summed E-state index contributed by atoms with van der Waals surface area (Å²) in [5, 5.41) is 23.4. The van der Waals surface area contributed by atoms with Gasteiger partial charge in [0.2, 0.25) is 11.8 Å². The molecule has 10 heteroatoms. The number of ether oxygens (including phenoxy) is 2. The molecule has 0 radical (unpaired) electrons. The number of aliphatic hydroxyl groups is 2. The smallest absolute Gasteiger partial charge is 0.247 e. The molecule has 37 heavy (non-hydrogen) atoms. The van der Waals surface area contributed by atoms with Gasteiger partial charge >= 0.3 is 0 Å². The second kappa shape index (κ2) is 13.9. The highest BCUT2D eigenvalue weighted by Gasteiger charge is 2.43. The summed E-state index contributed by atoms with van der Waals surface area (Å²) in [6.07, 6.45) is 8.00. The first-order valence-electron chi connectivity index (χ1n) is 12.6. The van der Waals surface area contributed by atoms with E-state index in [9.17, 15) is 24.6 Å². The van der Waals surface area contributed by atoms with Crippen molar-refractivity contribution in [3.05, 3.63) is 45.1 Å². The minimum Gasteiger partial charge on any atom is -0.493 e. The molecule has 3 rings (SSSR count). The van der Waals surface area contributed by atoms with Crippen molar-refractivity contribution in [1.29, 1.82) is 0 Å². The topological polar surface area (TPSA) is 125 Å². The molecule has 1 saturated carbocycles. The van der Waals surface area contributed by atoms with Gasteiger partial charge in [0.25, 0.3) is 0 Å². The normalized spacial score (nSPS) is 22.0. The van der Waals surface area contributed by atoms with Gasteiger partial charge in [0.05, 0.1) is 23.3 Å². The summed E-state index contributed by atoms with van der Waals surface area (Å²) < 4.78 is 12.3. The number of halogens is 1. The van der Waals surface area contributed by atoms with Crippen LogP contribution in [0.15, 0.2) is 35.9 Å². The minimum absolute atomic E-state index is 0.0456. The van der Waals surface area contributed by atoms with Crippen LogP contribution < -0.4 is 14.8 Å². The van der Waals surface area contributed by atoms with Crippen LogP contribution in [0.5, 0.6) is 11.5 Å². The largest absolute Gasteiger partial charge is 0.493 e. The van der Waals surface area contributed by atoms with Gasteiger partial charge in [-0.3, -0.25) is 14.4 Å². The second-order valence-corrected chi connectivity index (χ2v) is 10.3. The number of allylic oxidation sites excluding steroid dienone is 1. The van der Waals surface area contributed by atoms with E-state index in [0.29, 0.717) is 38.9 Å². The number of nitrogens with zero attached hydrogens (tertiary/aromatic N) is 1. The molecule has 1 aromatic rings. The average Bonchev–Trinajstić information content (AvgIpc) is 3.43. The van der Waals surface area contributed by atoms with Crippen LogP contribution in [0.25, 0.3) is 0 Å². The Kier molecular flexibility index (Phi) is 11.0. The molecule has 0 aromatic heterocycles. The SMILES string of the molecule is CCC=CC(=O)N(C1CCCC1)C1CC(C(=O)NCCO)=CC(Oc2c(I)cc(C=O)cc2OC)C1O. The second-order valence-electron chi connectivity index (χ2n) is 9.16. The molecule has 9 nitrogen and oxygen atoms in total. The van der Waals surface area contributed by atoms with Crippen molar-refractivity contribution in [2.75, 3.05) is 20.3 Å². The number of benzene rings is 1. The number of aliphatic hydroxyl groups excluding tert-OH is 2. The fourth-order valence-corrected chi connectivity index (χ4v) is 5.66. The lowest BCUT2D eigenvalue weighted by atomic mass is 9.87. The lowest BCUT2D eigenvalue weighted by molar-refractivity contribution is -0.136. The maximum atomic E-state index is 13.4. The minimum atomic E-state index is -1.12. The Balaban J connectivity index is 2.02.